The fraction of sp³-hybridized carbons (Fsp3) is 0.174. The molecule has 0 bridgehead atoms. The topological polar surface area (TPSA) is 75.7 Å². The van der Waals surface area contributed by atoms with Crippen LogP contribution >= 0.6 is 23.2 Å². The Bertz CT molecular complexity index is 1320. The molecule has 0 atom stereocenters. The number of carbonyl (C=O) groups is 1. The standard InChI is InChI=1S/C23H19Cl2FN2O4S/c1-23(2)13-28(33(30,31)16-9-6-14(26)7-10-16)19-12-15(8-11-20(19)32-23)27-22(29)21-17(24)4-3-5-18(21)25/h3-12H,13H2,1-2H3,(H,27,29). The monoisotopic (exact) mass is 508 g/mol. The molecule has 1 heterocycles. The first-order valence-corrected chi connectivity index (χ1v) is 12.0. The Morgan fingerprint density at radius 1 is 1.06 bits per heavy atom. The second-order valence-electron chi connectivity index (χ2n) is 8.06. The molecule has 33 heavy (non-hydrogen) atoms. The number of benzene rings is 3. The number of nitrogens with one attached hydrogen (secondary N) is 1. The Kier molecular flexibility index (Phi) is 6.03. The van der Waals surface area contributed by atoms with Gasteiger partial charge in [-0.25, -0.2) is 12.8 Å². The maximum absolute atomic E-state index is 13.4. The van der Waals surface area contributed by atoms with Gasteiger partial charge in [0.1, 0.15) is 17.2 Å². The Hall–Kier alpha value is -2.81. The zero-order valence-corrected chi connectivity index (χ0v) is 19.9. The van der Waals surface area contributed by atoms with Crippen molar-refractivity contribution in [3.8, 4) is 5.75 Å². The number of fused-ring (bicyclic) bond motifs is 1. The number of nitrogens with zero attached hydrogens (tertiary/aromatic N) is 1. The molecule has 1 aliphatic rings. The van der Waals surface area contributed by atoms with Gasteiger partial charge in [-0.05, 0) is 68.4 Å². The highest BCUT2D eigenvalue weighted by Gasteiger charge is 2.38. The minimum absolute atomic E-state index is 0.00739. The van der Waals surface area contributed by atoms with E-state index in [2.05, 4.69) is 5.32 Å². The third kappa shape index (κ3) is 4.64. The molecule has 1 aliphatic heterocycles. The normalized spacial score (nSPS) is 14.9. The predicted octanol–water partition coefficient (Wildman–Crippen LogP) is 5.75. The van der Waals surface area contributed by atoms with E-state index >= 15 is 0 Å². The summed E-state index contributed by atoms with van der Waals surface area (Å²) in [6, 6.07) is 14.0. The van der Waals surface area contributed by atoms with E-state index < -0.39 is 27.3 Å². The third-order valence-corrected chi connectivity index (χ3v) is 7.39. The SMILES string of the molecule is CC1(C)CN(S(=O)(=O)c2ccc(F)cc2)c2cc(NC(=O)c3c(Cl)cccc3Cl)ccc2O1. The van der Waals surface area contributed by atoms with E-state index in [1.807, 2.05) is 0 Å². The van der Waals surface area contributed by atoms with Crippen LogP contribution in [0.4, 0.5) is 15.8 Å². The largest absolute Gasteiger partial charge is 0.484 e. The molecule has 3 aromatic rings. The van der Waals surface area contributed by atoms with Crippen molar-refractivity contribution in [1.82, 2.24) is 0 Å². The Labute approximate surface area is 200 Å². The molecule has 6 nitrogen and oxygen atoms in total. The highest BCUT2D eigenvalue weighted by atomic mass is 35.5. The summed E-state index contributed by atoms with van der Waals surface area (Å²) in [5, 5.41) is 3.06. The van der Waals surface area contributed by atoms with Crippen LogP contribution in [0.25, 0.3) is 0 Å². The molecule has 0 saturated carbocycles. The van der Waals surface area contributed by atoms with E-state index in [-0.39, 0.29) is 32.7 Å². The fourth-order valence-corrected chi connectivity index (χ4v) is 5.68. The zero-order chi connectivity index (χ0) is 24.0. The summed E-state index contributed by atoms with van der Waals surface area (Å²) in [5.74, 6) is -0.763. The van der Waals surface area contributed by atoms with Gasteiger partial charge < -0.3 is 10.1 Å². The molecule has 0 saturated heterocycles. The molecule has 172 valence electrons. The van der Waals surface area contributed by atoms with Gasteiger partial charge in [-0.1, -0.05) is 29.3 Å². The minimum atomic E-state index is -4.04. The van der Waals surface area contributed by atoms with Gasteiger partial charge in [0.15, 0.2) is 0 Å². The van der Waals surface area contributed by atoms with E-state index in [1.54, 1.807) is 44.2 Å². The summed E-state index contributed by atoms with van der Waals surface area (Å²) in [6.45, 7) is 3.53. The van der Waals surface area contributed by atoms with Crippen LogP contribution in [0.2, 0.25) is 10.0 Å². The molecule has 0 aliphatic carbocycles. The molecule has 10 heteroatoms. The van der Waals surface area contributed by atoms with Crippen LogP contribution in [0.1, 0.15) is 24.2 Å². The van der Waals surface area contributed by atoms with Crippen molar-refractivity contribution in [2.75, 3.05) is 16.2 Å². The number of sulfonamides is 1. The first-order valence-electron chi connectivity index (χ1n) is 9.85. The highest BCUT2D eigenvalue weighted by Crippen LogP contribution is 2.41. The van der Waals surface area contributed by atoms with E-state index in [9.17, 15) is 17.6 Å². The van der Waals surface area contributed by atoms with Gasteiger partial charge in [0.2, 0.25) is 0 Å². The molecule has 0 aromatic heterocycles. The highest BCUT2D eigenvalue weighted by molar-refractivity contribution is 7.92. The number of amides is 1. The van der Waals surface area contributed by atoms with Crippen molar-refractivity contribution in [3.63, 3.8) is 0 Å². The van der Waals surface area contributed by atoms with Crippen molar-refractivity contribution in [1.29, 1.82) is 0 Å². The lowest BCUT2D eigenvalue weighted by atomic mass is 10.1. The van der Waals surface area contributed by atoms with Crippen molar-refractivity contribution in [3.05, 3.63) is 82.1 Å². The quantitative estimate of drug-likeness (QED) is 0.486. The number of halogens is 3. The van der Waals surface area contributed by atoms with E-state index in [0.29, 0.717) is 11.4 Å². The van der Waals surface area contributed by atoms with E-state index in [4.69, 9.17) is 27.9 Å². The molecule has 4 rings (SSSR count). The average Bonchev–Trinajstić information content (AvgIpc) is 2.73. The molecule has 3 aromatic carbocycles. The first-order chi connectivity index (χ1) is 15.5. The van der Waals surface area contributed by atoms with E-state index in [0.717, 1.165) is 12.1 Å². The lowest BCUT2D eigenvalue weighted by Gasteiger charge is -2.40. The van der Waals surface area contributed by atoms with E-state index in [1.165, 1.54) is 22.5 Å². The second kappa shape index (κ2) is 8.52. The number of anilines is 2. The summed E-state index contributed by atoms with van der Waals surface area (Å²) in [7, 11) is -4.04. The first kappa shape index (κ1) is 23.4. The lowest BCUT2D eigenvalue weighted by molar-refractivity contribution is 0.102. The van der Waals surface area contributed by atoms with Crippen LogP contribution in [0.15, 0.2) is 65.6 Å². The molecule has 0 radical (unpaired) electrons. The van der Waals surface area contributed by atoms with Crippen molar-refractivity contribution in [2.24, 2.45) is 0 Å². The summed E-state index contributed by atoms with van der Waals surface area (Å²) in [4.78, 5) is 12.7. The number of ether oxygens (including phenoxy) is 1. The Morgan fingerprint density at radius 3 is 2.33 bits per heavy atom. The average molecular weight is 509 g/mol. The fourth-order valence-electron chi connectivity index (χ4n) is 3.49. The number of rotatable bonds is 4. The molecule has 1 N–H and O–H groups in total. The smallest absolute Gasteiger partial charge is 0.264 e. The maximum atomic E-state index is 13.4. The lowest BCUT2D eigenvalue weighted by Crippen LogP contribution is -2.49. The van der Waals surface area contributed by atoms with Gasteiger partial charge in [-0.3, -0.25) is 9.10 Å². The van der Waals surface area contributed by atoms with Gasteiger partial charge in [-0.15, -0.1) is 0 Å². The predicted molar refractivity (Wildman–Crippen MR) is 126 cm³/mol. The summed E-state index contributed by atoms with van der Waals surface area (Å²) < 4.78 is 47.4. The van der Waals surface area contributed by atoms with Crippen LogP contribution in [0, 0.1) is 5.82 Å². The molecule has 0 fully saturated rings. The van der Waals surface area contributed by atoms with Crippen LogP contribution in [-0.4, -0.2) is 26.5 Å². The minimum Gasteiger partial charge on any atom is -0.484 e. The van der Waals surface area contributed by atoms with Gasteiger partial charge in [0.05, 0.1) is 32.7 Å². The third-order valence-electron chi connectivity index (χ3n) is 4.99. The van der Waals surface area contributed by atoms with Gasteiger partial charge >= 0.3 is 0 Å². The molecule has 1 amide bonds. The maximum Gasteiger partial charge on any atom is 0.264 e. The van der Waals surface area contributed by atoms with Crippen LogP contribution in [0.3, 0.4) is 0 Å². The van der Waals surface area contributed by atoms with Crippen LogP contribution < -0.4 is 14.4 Å². The van der Waals surface area contributed by atoms with Gasteiger partial charge in [-0.2, -0.15) is 0 Å². The van der Waals surface area contributed by atoms with Crippen molar-refractivity contribution >= 4 is 50.5 Å². The summed E-state index contributed by atoms with van der Waals surface area (Å²) in [6.07, 6.45) is 0. The molecule has 0 unspecified atom stereocenters. The van der Waals surface area contributed by atoms with Crippen LogP contribution in [0.5, 0.6) is 5.75 Å². The van der Waals surface area contributed by atoms with Gasteiger partial charge in [0.25, 0.3) is 15.9 Å². The Balaban J connectivity index is 1.74. The number of hydrogen-bond donors (Lipinski definition) is 1. The summed E-state index contributed by atoms with van der Waals surface area (Å²) in [5.41, 5.74) is -0.165. The number of hydrogen-bond acceptors (Lipinski definition) is 4. The molecule has 0 spiro atoms. The molecular formula is C23H19Cl2FN2O4S. The molecular weight excluding hydrogens is 490 g/mol. The Morgan fingerprint density at radius 2 is 1.70 bits per heavy atom. The van der Waals surface area contributed by atoms with Crippen molar-refractivity contribution < 1.29 is 22.3 Å². The van der Waals surface area contributed by atoms with Gasteiger partial charge in [0, 0.05) is 5.69 Å². The van der Waals surface area contributed by atoms with Crippen molar-refractivity contribution in [2.45, 2.75) is 24.3 Å². The zero-order valence-electron chi connectivity index (χ0n) is 17.6. The second-order valence-corrected chi connectivity index (χ2v) is 10.7. The van der Waals surface area contributed by atoms with Crippen LogP contribution in [-0.2, 0) is 10.0 Å². The number of carbonyl (C=O) groups excluding carboxylic acids is 1. The summed E-state index contributed by atoms with van der Waals surface area (Å²) >= 11 is 12.2.